The van der Waals surface area contributed by atoms with Gasteiger partial charge in [-0.25, -0.2) is 0 Å². The molecule has 0 aromatic carbocycles. The highest BCUT2D eigenvalue weighted by Crippen LogP contribution is 2.23. The van der Waals surface area contributed by atoms with E-state index in [0.717, 1.165) is 11.3 Å². The molecule has 2 aromatic rings. The van der Waals surface area contributed by atoms with Gasteiger partial charge in [0.25, 0.3) is 11.8 Å². The van der Waals surface area contributed by atoms with E-state index in [-0.39, 0.29) is 24.2 Å². The van der Waals surface area contributed by atoms with Crippen molar-refractivity contribution in [1.82, 2.24) is 5.32 Å². The normalized spacial score (nSPS) is 11.2. The van der Waals surface area contributed by atoms with Crippen LogP contribution in [0.5, 0.6) is 0 Å². The van der Waals surface area contributed by atoms with Crippen molar-refractivity contribution in [2.75, 3.05) is 11.9 Å². The van der Waals surface area contributed by atoms with E-state index in [9.17, 15) is 9.59 Å². The smallest absolute Gasteiger partial charge is 0.291 e. The van der Waals surface area contributed by atoms with E-state index >= 15 is 0 Å². The molecule has 0 bridgehead atoms. The number of hydrogen-bond acceptors (Lipinski definition) is 5. The van der Waals surface area contributed by atoms with Crippen molar-refractivity contribution in [2.45, 2.75) is 19.4 Å². The number of thiophene rings is 1. The lowest BCUT2D eigenvalue weighted by Gasteiger charge is -2.22. The summed E-state index contributed by atoms with van der Waals surface area (Å²) in [5.74, 6) is -0.460. The SMILES string of the molecule is CC(C)(CO)NC(=O)c1ccc(NC(=O)c2ccco2)s1. The van der Waals surface area contributed by atoms with Gasteiger partial charge >= 0.3 is 0 Å². The fraction of sp³-hybridized carbons (Fsp3) is 0.286. The first-order valence-electron chi connectivity index (χ1n) is 6.29. The maximum Gasteiger partial charge on any atom is 0.291 e. The van der Waals surface area contributed by atoms with Gasteiger partial charge in [0.1, 0.15) is 0 Å². The third-order valence-electron chi connectivity index (χ3n) is 2.66. The highest BCUT2D eigenvalue weighted by Gasteiger charge is 2.21. The number of furan rings is 1. The molecule has 0 aliphatic carbocycles. The van der Waals surface area contributed by atoms with E-state index in [0.29, 0.717) is 9.88 Å². The number of aliphatic hydroxyl groups excluding tert-OH is 1. The molecule has 0 aliphatic heterocycles. The standard InChI is InChI=1S/C14H16N2O4S/c1-14(2,8-17)16-13(19)10-5-6-11(21-10)15-12(18)9-4-3-7-20-9/h3-7,17H,8H2,1-2H3,(H,15,18)(H,16,19). The highest BCUT2D eigenvalue weighted by molar-refractivity contribution is 7.18. The number of amides is 2. The van der Waals surface area contributed by atoms with Gasteiger partial charge in [-0.1, -0.05) is 0 Å². The van der Waals surface area contributed by atoms with Crippen molar-refractivity contribution < 1.29 is 19.1 Å². The molecular formula is C14H16N2O4S. The Morgan fingerprint density at radius 3 is 2.67 bits per heavy atom. The van der Waals surface area contributed by atoms with Gasteiger partial charge < -0.3 is 20.2 Å². The van der Waals surface area contributed by atoms with Gasteiger partial charge in [-0.05, 0) is 38.1 Å². The summed E-state index contributed by atoms with van der Waals surface area (Å²) in [4.78, 5) is 24.3. The number of carbonyl (C=O) groups is 2. The lowest BCUT2D eigenvalue weighted by atomic mass is 10.1. The number of rotatable bonds is 5. The third-order valence-corrected chi connectivity index (χ3v) is 3.66. The summed E-state index contributed by atoms with van der Waals surface area (Å²) in [6.45, 7) is 3.28. The van der Waals surface area contributed by atoms with Crippen LogP contribution in [-0.2, 0) is 0 Å². The van der Waals surface area contributed by atoms with Crippen LogP contribution in [0.15, 0.2) is 34.9 Å². The van der Waals surface area contributed by atoms with Crippen molar-refractivity contribution in [1.29, 1.82) is 0 Å². The van der Waals surface area contributed by atoms with E-state index in [1.807, 2.05) is 0 Å². The Balaban J connectivity index is 2.01. The van der Waals surface area contributed by atoms with Crippen LogP contribution in [0, 0.1) is 0 Å². The van der Waals surface area contributed by atoms with E-state index in [1.165, 1.54) is 6.26 Å². The zero-order valence-corrected chi connectivity index (χ0v) is 12.5. The lowest BCUT2D eigenvalue weighted by molar-refractivity contribution is 0.0873. The van der Waals surface area contributed by atoms with Crippen LogP contribution >= 0.6 is 11.3 Å². The number of anilines is 1. The number of aliphatic hydroxyl groups is 1. The first-order chi connectivity index (χ1) is 9.91. The van der Waals surface area contributed by atoms with Gasteiger partial charge in [0.15, 0.2) is 5.76 Å². The lowest BCUT2D eigenvalue weighted by Crippen LogP contribution is -2.46. The summed E-state index contributed by atoms with van der Waals surface area (Å²) < 4.78 is 4.99. The molecule has 0 saturated heterocycles. The number of carbonyl (C=O) groups excluding carboxylic acids is 2. The quantitative estimate of drug-likeness (QED) is 0.788. The Hall–Kier alpha value is -2.12. The van der Waals surface area contributed by atoms with Crippen LogP contribution in [0.2, 0.25) is 0 Å². The topological polar surface area (TPSA) is 91.6 Å². The maximum atomic E-state index is 12.0. The Kier molecular flexibility index (Phi) is 4.44. The summed E-state index contributed by atoms with van der Waals surface area (Å²) in [6, 6.07) is 6.44. The molecule has 0 fully saturated rings. The minimum absolute atomic E-state index is 0.161. The molecule has 2 amide bonds. The first-order valence-corrected chi connectivity index (χ1v) is 7.11. The van der Waals surface area contributed by atoms with Crippen LogP contribution in [0.4, 0.5) is 5.00 Å². The summed E-state index contributed by atoms with van der Waals surface area (Å²) >= 11 is 1.15. The van der Waals surface area contributed by atoms with Gasteiger partial charge in [0.05, 0.1) is 28.3 Å². The molecule has 2 heterocycles. The second-order valence-corrected chi connectivity index (χ2v) is 6.18. The predicted molar refractivity (Wildman–Crippen MR) is 79.6 cm³/mol. The van der Waals surface area contributed by atoms with E-state index in [4.69, 9.17) is 9.52 Å². The van der Waals surface area contributed by atoms with Gasteiger partial charge in [0, 0.05) is 0 Å². The Bertz CT molecular complexity index is 631. The average Bonchev–Trinajstić information content (AvgIpc) is 3.09. The molecule has 3 N–H and O–H groups in total. The summed E-state index contributed by atoms with van der Waals surface area (Å²) in [7, 11) is 0. The molecule has 0 unspecified atom stereocenters. The molecule has 0 spiro atoms. The molecule has 21 heavy (non-hydrogen) atoms. The minimum Gasteiger partial charge on any atom is -0.459 e. The zero-order chi connectivity index (χ0) is 15.5. The van der Waals surface area contributed by atoms with Crippen molar-refractivity contribution in [3.05, 3.63) is 41.2 Å². The second kappa shape index (κ2) is 6.11. The predicted octanol–water partition coefficient (Wildman–Crippen LogP) is 2.09. The molecule has 0 aliphatic rings. The fourth-order valence-corrected chi connectivity index (χ4v) is 2.31. The molecule has 2 rings (SSSR count). The van der Waals surface area contributed by atoms with Crippen LogP contribution in [0.1, 0.15) is 34.1 Å². The fourth-order valence-electron chi connectivity index (χ4n) is 1.52. The molecule has 0 saturated carbocycles. The molecule has 7 heteroatoms. The minimum atomic E-state index is -0.696. The molecule has 6 nitrogen and oxygen atoms in total. The van der Waals surface area contributed by atoms with Crippen molar-refractivity contribution in [2.24, 2.45) is 0 Å². The molecule has 0 radical (unpaired) electrons. The van der Waals surface area contributed by atoms with Crippen LogP contribution in [0.3, 0.4) is 0 Å². The Morgan fingerprint density at radius 1 is 1.29 bits per heavy atom. The van der Waals surface area contributed by atoms with E-state index in [2.05, 4.69) is 10.6 Å². The second-order valence-electron chi connectivity index (χ2n) is 5.09. The molecule has 112 valence electrons. The van der Waals surface area contributed by atoms with Gasteiger partial charge in [-0.2, -0.15) is 0 Å². The monoisotopic (exact) mass is 308 g/mol. The van der Waals surface area contributed by atoms with Crippen LogP contribution < -0.4 is 10.6 Å². The summed E-state index contributed by atoms with van der Waals surface area (Å²) in [5, 5.41) is 15.0. The molecule has 0 atom stereocenters. The average molecular weight is 308 g/mol. The summed E-state index contributed by atoms with van der Waals surface area (Å²) in [5.41, 5.74) is -0.696. The summed E-state index contributed by atoms with van der Waals surface area (Å²) in [6.07, 6.45) is 1.42. The number of hydrogen-bond donors (Lipinski definition) is 3. The molecule has 2 aromatic heterocycles. The van der Waals surface area contributed by atoms with Gasteiger partial charge in [0.2, 0.25) is 0 Å². The van der Waals surface area contributed by atoms with E-state index < -0.39 is 5.54 Å². The van der Waals surface area contributed by atoms with Gasteiger partial charge in [-0.15, -0.1) is 11.3 Å². The van der Waals surface area contributed by atoms with E-state index in [1.54, 1.807) is 38.1 Å². The highest BCUT2D eigenvalue weighted by atomic mass is 32.1. The third kappa shape index (κ3) is 3.93. The van der Waals surface area contributed by atoms with Crippen molar-refractivity contribution in [3.8, 4) is 0 Å². The Morgan fingerprint density at radius 2 is 2.05 bits per heavy atom. The van der Waals surface area contributed by atoms with Crippen molar-refractivity contribution in [3.63, 3.8) is 0 Å². The first kappa shape index (κ1) is 15.3. The van der Waals surface area contributed by atoms with Crippen molar-refractivity contribution >= 4 is 28.2 Å². The largest absolute Gasteiger partial charge is 0.459 e. The van der Waals surface area contributed by atoms with Crippen LogP contribution in [0.25, 0.3) is 0 Å². The maximum absolute atomic E-state index is 12.0. The zero-order valence-electron chi connectivity index (χ0n) is 11.7. The number of nitrogens with one attached hydrogen (secondary N) is 2. The Labute approximate surface area is 125 Å². The van der Waals surface area contributed by atoms with Gasteiger partial charge in [-0.3, -0.25) is 9.59 Å². The molecular weight excluding hydrogens is 292 g/mol. The van der Waals surface area contributed by atoms with Crippen LogP contribution in [-0.4, -0.2) is 29.1 Å².